The molecule has 5 heteroatoms. The van der Waals surface area contributed by atoms with Crippen molar-refractivity contribution in [2.45, 2.75) is 13.0 Å². The summed E-state index contributed by atoms with van der Waals surface area (Å²) in [5.74, 6) is 0.675. The van der Waals surface area contributed by atoms with Gasteiger partial charge in [0.25, 0.3) is 5.91 Å². The van der Waals surface area contributed by atoms with E-state index in [1.807, 2.05) is 0 Å². The van der Waals surface area contributed by atoms with E-state index >= 15 is 0 Å². The van der Waals surface area contributed by atoms with E-state index in [1.54, 1.807) is 11.0 Å². The summed E-state index contributed by atoms with van der Waals surface area (Å²) in [6.45, 7) is 4.66. The lowest BCUT2D eigenvalue weighted by Gasteiger charge is -2.24. The summed E-state index contributed by atoms with van der Waals surface area (Å²) >= 11 is 0. The molecule has 20 heavy (non-hydrogen) atoms. The zero-order valence-corrected chi connectivity index (χ0v) is 11.7. The predicted molar refractivity (Wildman–Crippen MR) is 73.3 cm³/mol. The summed E-state index contributed by atoms with van der Waals surface area (Å²) < 4.78 is 19.0. The van der Waals surface area contributed by atoms with E-state index in [0.29, 0.717) is 24.1 Å². The van der Waals surface area contributed by atoms with Crippen molar-refractivity contribution in [1.82, 2.24) is 10.2 Å². The number of rotatable bonds is 2. The average molecular weight is 278 g/mol. The Morgan fingerprint density at radius 2 is 2.25 bits per heavy atom. The van der Waals surface area contributed by atoms with Gasteiger partial charge in [0.05, 0.1) is 12.7 Å². The van der Waals surface area contributed by atoms with Gasteiger partial charge in [0.15, 0.2) is 0 Å². The van der Waals surface area contributed by atoms with Gasteiger partial charge >= 0.3 is 0 Å². The molecule has 2 aliphatic rings. The van der Waals surface area contributed by atoms with Crippen LogP contribution >= 0.6 is 0 Å². The number of halogens is 1. The number of carbonyl (C=O) groups is 1. The molecule has 0 spiro atoms. The Morgan fingerprint density at radius 1 is 1.45 bits per heavy atom. The number of hydrogen-bond acceptors (Lipinski definition) is 3. The molecule has 0 bridgehead atoms. The van der Waals surface area contributed by atoms with Gasteiger partial charge in [0.1, 0.15) is 11.6 Å². The number of nitrogens with one attached hydrogen (secondary N) is 1. The van der Waals surface area contributed by atoms with Gasteiger partial charge < -0.3 is 15.0 Å². The Bertz CT molecular complexity index is 535. The zero-order chi connectivity index (χ0) is 14.3. The molecule has 1 aromatic carbocycles. The fourth-order valence-electron chi connectivity index (χ4n) is 3.39. The first kappa shape index (κ1) is 13.4. The Kier molecular flexibility index (Phi) is 3.38. The van der Waals surface area contributed by atoms with E-state index in [1.165, 1.54) is 19.2 Å². The third-order valence-corrected chi connectivity index (χ3v) is 4.60. The molecule has 1 N–H and O–H groups in total. The van der Waals surface area contributed by atoms with E-state index in [9.17, 15) is 9.18 Å². The first-order valence-electron chi connectivity index (χ1n) is 6.97. The monoisotopic (exact) mass is 278 g/mol. The molecule has 2 fully saturated rings. The van der Waals surface area contributed by atoms with E-state index < -0.39 is 5.82 Å². The molecule has 0 aromatic heterocycles. The second-order valence-electron chi connectivity index (χ2n) is 5.63. The summed E-state index contributed by atoms with van der Waals surface area (Å²) in [4.78, 5) is 14.3. The number of carbonyl (C=O) groups excluding carboxylic acids is 1. The highest BCUT2D eigenvalue weighted by molar-refractivity contribution is 5.95. The van der Waals surface area contributed by atoms with Crippen LogP contribution in [-0.2, 0) is 0 Å². The van der Waals surface area contributed by atoms with Crippen molar-refractivity contribution in [1.29, 1.82) is 0 Å². The summed E-state index contributed by atoms with van der Waals surface area (Å²) in [5, 5.41) is 3.35. The quantitative estimate of drug-likeness (QED) is 0.891. The molecule has 108 valence electrons. The molecule has 2 aliphatic heterocycles. The SMILES string of the molecule is COc1ccc(C(=O)N2CC3CNCC3C2C)c(F)c1. The van der Waals surface area contributed by atoms with Crippen LogP contribution < -0.4 is 10.1 Å². The van der Waals surface area contributed by atoms with E-state index in [4.69, 9.17) is 4.74 Å². The molecule has 0 saturated carbocycles. The van der Waals surface area contributed by atoms with E-state index in [0.717, 1.165) is 13.1 Å². The van der Waals surface area contributed by atoms with Crippen LogP contribution in [-0.4, -0.2) is 43.6 Å². The normalized spacial score (nSPS) is 28.6. The summed E-state index contributed by atoms with van der Waals surface area (Å²) in [5.41, 5.74) is 0.130. The Balaban J connectivity index is 1.83. The topological polar surface area (TPSA) is 41.6 Å². The van der Waals surface area contributed by atoms with Gasteiger partial charge in [-0.1, -0.05) is 0 Å². The number of ether oxygens (including phenoxy) is 1. The van der Waals surface area contributed by atoms with Gasteiger partial charge in [-0.25, -0.2) is 4.39 Å². The van der Waals surface area contributed by atoms with Crippen LogP contribution in [0.1, 0.15) is 17.3 Å². The molecule has 1 aromatic rings. The van der Waals surface area contributed by atoms with Crippen molar-refractivity contribution in [2.75, 3.05) is 26.7 Å². The Morgan fingerprint density at radius 3 is 2.90 bits per heavy atom. The maximum atomic E-state index is 14.0. The first-order chi connectivity index (χ1) is 9.61. The highest BCUT2D eigenvalue weighted by Gasteiger charge is 2.44. The molecule has 3 rings (SSSR count). The van der Waals surface area contributed by atoms with Crippen LogP contribution in [0.4, 0.5) is 4.39 Å². The van der Waals surface area contributed by atoms with Gasteiger partial charge in [-0.05, 0) is 30.9 Å². The minimum Gasteiger partial charge on any atom is -0.497 e. The van der Waals surface area contributed by atoms with Gasteiger partial charge in [-0.3, -0.25) is 4.79 Å². The number of benzene rings is 1. The van der Waals surface area contributed by atoms with Crippen LogP contribution in [0.25, 0.3) is 0 Å². The van der Waals surface area contributed by atoms with Crippen molar-refractivity contribution in [3.05, 3.63) is 29.6 Å². The minimum absolute atomic E-state index is 0.130. The largest absolute Gasteiger partial charge is 0.497 e. The molecule has 3 atom stereocenters. The van der Waals surface area contributed by atoms with E-state index in [2.05, 4.69) is 12.2 Å². The fourth-order valence-corrected chi connectivity index (χ4v) is 3.39. The van der Waals surface area contributed by atoms with Crippen molar-refractivity contribution in [3.63, 3.8) is 0 Å². The van der Waals surface area contributed by atoms with Crippen molar-refractivity contribution < 1.29 is 13.9 Å². The highest BCUT2D eigenvalue weighted by atomic mass is 19.1. The Labute approximate surface area is 117 Å². The smallest absolute Gasteiger partial charge is 0.257 e. The lowest BCUT2D eigenvalue weighted by molar-refractivity contribution is 0.0723. The molecule has 0 radical (unpaired) electrons. The lowest BCUT2D eigenvalue weighted by atomic mass is 9.95. The van der Waals surface area contributed by atoms with Gasteiger partial charge in [-0.15, -0.1) is 0 Å². The minimum atomic E-state index is -0.517. The van der Waals surface area contributed by atoms with Crippen LogP contribution in [0.2, 0.25) is 0 Å². The van der Waals surface area contributed by atoms with Gasteiger partial charge in [0.2, 0.25) is 0 Å². The third kappa shape index (κ3) is 2.06. The van der Waals surface area contributed by atoms with Crippen LogP contribution in [0.5, 0.6) is 5.75 Å². The van der Waals surface area contributed by atoms with Crippen molar-refractivity contribution >= 4 is 5.91 Å². The molecule has 2 saturated heterocycles. The number of nitrogens with zero attached hydrogens (tertiary/aromatic N) is 1. The molecular weight excluding hydrogens is 259 g/mol. The number of methoxy groups -OCH3 is 1. The molecule has 0 aliphatic carbocycles. The van der Waals surface area contributed by atoms with E-state index in [-0.39, 0.29) is 17.5 Å². The van der Waals surface area contributed by atoms with Gasteiger partial charge in [-0.2, -0.15) is 0 Å². The van der Waals surface area contributed by atoms with Gasteiger partial charge in [0, 0.05) is 31.7 Å². The molecule has 2 heterocycles. The fraction of sp³-hybridized carbons (Fsp3) is 0.533. The number of fused-ring (bicyclic) bond motifs is 1. The molecule has 1 amide bonds. The maximum absolute atomic E-state index is 14.0. The predicted octanol–water partition coefficient (Wildman–Crippen LogP) is 1.51. The lowest BCUT2D eigenvalue weighted by Crippen LogP contribution is -2.38. The molecule has 3 unspecified atom stereocenters. The standard InChI is InChI=1S/C15H19FN2O2/c1-9-13-7-17-6-10(13)8-18(9)15(19)12-4-3-11(20-2)5-14(12)16/h3-5,9-10,13,17H,6-8H2,1-2H3. The van der Waals surface area contributed by atoms with Crippen molar-refractivity contribution in [3.8, 4) is 5.75 Å². The second kappa shape index (κ2) is 5.05. The maximum Gasteiger partial charge on any atom is 0.257 e. The van der Waals surface area contributed by atoms with Crippen LogP contribution in [0, 0.1) is 17.7 Å². The zero-order valence-electron chi connectivity index (χ0n) is 11.7. The third-order valence-electron chi connectivity index (χ3n) is 4.60. The number of likely N-dealkylation sites (tertiary alicyclic amines) is 1. The molecule has 4 nitrogen and oxygen atoms in total. The summed E-state index contributed by atoms with van der Waals surface area (Å²) in [6, 6.07) is 4.55. The first-order valence-corrected chi connectivity index (χ1v) is 6.97. The highest BCUT2D eigenvalue weighted by Crippen LogP contribution is 2.33. The average Bonchev–Trinajstić information content (AvgIpc) is 3.01. The second-order valence-corrected chi connectivity index (χ2v) is 5.63. The van der Waals surface area contributed by atoms with Crippen molar-refractivity contribution in [2.24, 2.45) is 11.8 Å². The summed E-state index contributed by atoms with van der Waals surface area (Å²) in [6.07, 6.45) is 0. The number of amides is 1. The van der Waals surface area contributed by atoms with Crippen LogP contribution in [0.15, 0.2) is 18.2 Å². The summed E-state index contributed by atoms with van der Waals surface area (Å²) in [7, 11) is 1.48. The molecular formula is C15H19FN2O2. The Hall–Kier alpha value is -1.62. The van der Waals surface area contributed by atoms with Crippen LogP contribution in [0.3, 0.4) is 0 Å². The number of hydrogen-bond donors (Lipinski definition) is 1.